The van der Waals surface area contributed by atoms with Gasteiger partial charge in [-0.05, 0) is 30.5 Å². The van der Waals surface area contributed by atoms with E-state index in [1.54, 1.807) is 13.8 Å². The third kappa shape index (κ3) is 8.93. The molecule has 3 aromatic carbocycles. The maximum atomic E-state index is 11.3. The van der Waals surface area contributed by atoms with Crippen molar-refractivity contribution in [3.63, 3.8) is 0 Å². The number of ether oxygens (including phenoxy) is 5. The van der Waals surface area contributed by atoms with Crippen molar-refractivity contribution >= 4 is 0 Å². The van der Waals surface area contributed by atoms with Gasteiger partial charge in [0.25, 0.3) is 0 Å². The average Bonchev–Trinajstić information content (AvgIpc) is 2.97. The van der Waals surface area contributed by atoms with Gasteiger partial charge in [0, 0.05) is 7.11 Å². The first kappa shape index (κ1) is 29.3. The molecule has 39 heavy (non-hydrogen) atoms. The summed E-state index contributed by atoms with van der Waals surface area (Å²) in [6, 6.07) is 29.4. The second kappa shape index (κ2) is 14.6. The normalized spacial score (nSPS) is 23.5. The molecular formula is C31H38O8. The number of aliphatic hydroxyl groups excluding tert-OH is 1. The van der Waals surface area contributed by atoms with E-state index >= 15 is 0 Å². The van der Waals surface area contributed by atoms with E-state index in [-0.39, 0.29) is 13.2 Å². The highest BCUT2D eigenvalue weighted by Gasteiger charge is 2.48. The second-order valence-electron chi connectivity index (χ2n) is 9.84. The van der Waals surface area contributed by atoms with Gasteiger partial charge in [-0.25, -0.2) is 0 Å². The van der Waals surface area contributed by atoms with Crippen LogP contribution >= 0.6 is 0 Å². The monoisotopic (exact) mass is 538 g/mol. The minimum absolute atomic E-state index is 0.180. The van der Waals surface area contributed by atoms with E-state index in [0.717, 1.165) is 16.7 Å². The Kier molecular flexibility index (Phi) is 11.0. The topological polar surface area (TPSA) is 84.8 Å². The molecule has 210 valence electrons. The van der Waals surface area contributed by atoms with E-state index in [1.807, 2.05) is 91.0 Å². The van der Waals surface area contributed by atoms with Crippen LogP contribution in [0.5, 0.6) is 0 Å². The van der Waals surface area contributed by atoms with Gasteiger partial charge in [0.05, 0.1) is 26.4 Å². The molecule has 0 amide bonds. The van der Waals surface area contributed by atoms with Crippen LogP contribution in [0.3, 0.4) is 0 Å². The van der Waals surface area contributed by atoms with E-state index in [2.05, 4.69) is 0 Å². The van der Waals surface area contributed by atoms with Crippen LogP contribution in [-0.4, -0.2) is 55.3 Å². The number of hydrogen-bond acceptors (Lipinski definition) is 8. The van der Waals surface area contributed by atoms with E-state index in [0.29, 0.717) is 13.2 Å². The van der Waals surface area contributed by atoms with Crippen LogP contribution in [-0.2, 0) is 53.3 Å². The number of hydrogen-bond donors (Lipinski definition) is 1. The third-order valence-electron chi connectivity index (χ3n) is 6.41. The lowest BCUT2D eigenvalue weighted by atomic mass is 9.98. The molecule has 0 saturated carbocycles. The zero-order chi connectivity index (χ0) is 27.5. The smallest absolute Gasteiger partial charge is 0.220 e. The summed E-state index contributed by atoms with van der Waals surface area (Å²) in [5.41, 5.74) is 2.98. The molecule has 1 aliphatic heterocycles. The lowest BCUT2D eigenvalue weighted by Gasteiger charge is -2.44. The molecule has 1 fully saturated rings. The molecule has 1 aliphatic rings. The lowest BCUT2D eigenvalue weighted by molar-refractivity contribution is -0.487. The SMILES string of the molecule is COC(C)(C)OO[C@@H]1O[C@H](COCc2ccccc2)[C@H](OCc2ccccc2)[C@H](OCc2ccccc2)[C@@H]1O. The molecule has 5 atom stereocenters. The van der Waals surface area contributed by atoms with Gasteiger partial charge in [-0.2, -0.15) is 9.78 Å². The van der Waals surface area contributed by atoms with Crippen molar-refractivity contribution < 1.29 is 38.6 Å². The van der Waals surface area contributed by atoms with E-state index < -0.39 is 36.5 Å². The van der Waals surface area contributed by atoms with Crippen LogP contribution in [0.1, 0.15) is 30.5 Å². The Morgan fingerprint density at radius 1 is 0.718 bits per heavy atom. The van der Waals surface area contributed by atoms with Crippen molar-refractivity contribution in [1.29, 1.82) is 0 Å². The highest BCUT2D eigenvalue weighted by Crippen LogP contribution is 2.30. The van der Waals surface area contributed by atoms with E-state index in [9.17, 15) is 5.11 Å². The minimum Gasteiger partial charge on any atom is -0.385 e. The van der Waals surface area contributed by atoms with Crippen molar-refractivity contribution in [1.82, 2.24) is 0 Å². The van der Waals surface area contributed by atoms with E-state index in [1.165, 1.54) is 7.11 Å². The average molecular weight is 539 g/mol. The first-order chi connectivity index (χ1) is 18.9. The summed E-state index contributed by atoms with van der Waals surface area (Å²) in [6.07, 6.45) is -4.46. The molecule has 0 aromatic heterocycles. The summed E-state index contributed by atoms with van der Waals surface area (Å²) >= 11 is 0. The fourth-order valence-electron chi connectivity index (χ4n) is 4.10. The zero-order valence-electron chi connectivity index (χ0n) is 22.7. The molecule has 1 saturated heterocycles. The van der Waals surface area contributed by atoms with Crippen molar-refractivity contribution in [2.24, 2.45) is 0 Å². The summed E-state index contributed by atoms with van der Waals surface area (Å²) < 4.78 is 30.1. The van der Waals surface area contributed by atoms with Gasteiger partial charge in [0.15, 0.2) is 5.79 Å². The molecule has 3 aromatic rings. The van der Waals surface area contributed by atoms with Gasteiger partial charge in [-0.15, -0.1) is 0 Å². The van der Waals surface area contributed by atoms with Gasteiger partial charge in [-0.3, -0.25) is 0 Å². The van der Waals surface area contributed by atoms with Crippen molar-refractivity contribution in [3.05, 3.63) is 108 Å². The molecule has 0 spiro atoms. The predicted octanol–water partition coefficient (Wildman–Crippen LogP) is 4.79. The minimum atomic E-state index is -1.22. The third-order valence-corrected chi connectivity index (χ3v) is 6.41. The summed E-state index contributed by atoms with van der Waals surface area (Å²) in [5, 5.41) is 11.3. The summed E-state index contributed by atoms with van der Waals surface area (Å²) in [6.45, 7) is 4.53. The molecule has 0 radical (unpaired) electrons. The van der Waals surface area contributed by atoms with Crippen LogP contribution < -0.4 is 0 Å². The fourth-order valence-corrected chi connectivity index (χ4v) is 4.10. The first-order valence-electron chi connectivity index (χ1n) is 13.1. The van der Waals surface area contributed by atoms with Crippen LogP contribution in [0.2, 0.25) is 0 Å². The molecule has 0 unspecified atom stereocenters. The summed E-state index contributed by atoms with van der Waals surface area (Å²) in [4.78, 5) is 11.0. The second-order valence-corrected chi connectivity index (χ2v) is 9.84. The number of aliphatic hydroxyl groups is 1. The van der Waals surface area contributed by atoms with Crippen LogP contribution in [0.25, 0.3) is 0 Å². The van der Waals surface area contributed by atoms with Gasteiger partial charge in [0.2, 0.25) is 6.29 Å². The van der Waals surface area contributed by atoms with Gasteiger partial charge in [-0.1, -0.05) is 91.0 Å². The summed E-state index contributed by atoms with van der Waals surface area (Å²) in [5.74, 6) is -1.05. The maximum absolute atomic E-state index is 11.3. The van der Waals surface area contributed by atoms with Crippen molar-refractivity contribution in [2.45, 2.75) is 70.2 Å². The molecule has 8 heteroatoms. The largest absolute Gasteiger partial charge is 0.385 e. The highest BCUT2D eigenvalue weighted by molar-refractivity contribution is 5.15. The standard InChI is InChI=1S/C31H38O8/c1-31(2,33-3)39-38-30-27(32)29(36-21-25-17-11-6-12-18-25)28(35-20-24-15-9-5-10-16-24)26(37-30)22-34-19-23-13-7-4-8-14-23/h4-18,26-30,32H,19-22H2,1-3H3/t26-,27+,28+,29-,30+/m1/s1. The molecule has 4 rings (SSSR count). The summed E-state index contributed by atoms with van der Waals surface area (Å²) in [7, 11) is 1.50. The predicted molar refractivity (Wildman–Crippen MR) is 144 cm³/mol. The van der Waals surface area contributed by atoms with Crippen LogP contribution in [0.15, 0.2) is 91.0 Å². The van der Waals surface area contributed by atoms with Crippen molar-refractivity contribution in [3.8, 4) is 0 Å². The Bertz CT molecular complexity index is 1080. The Hall–Kier alpha value is -2.66. The number of methoxy groups -OCH3 is 1. The van der Waals surface area contributed by atoms with Crippen LogP contribution in [0, 0.1) is 0 Å². The van der Waals surface area contributed by atoms with Gasteiger partial charge < -0.3 is 28.8 Å². The Balaban J connectivity index is 1.53. The molecular weight excluding hydrogens is 500 g/mol. The molecule has 1 heterocycles. The van der Waals surface area contributed by atoms with Crippen molar-refractivity contribution in [2.75, 3.05) is 13.7 Å². The maximum Gasteiger partial charge on any atom is 0.220 e. The highest BCUT2D eigenvalue weighted by atomic mass is 17.3. The van der Waals surface area contributed by atoms with Crippen LogP contribution in [0.4, 0.5) is 0 Å². The Labute approximate surface area is 230 Å². The number of benzene rings is 3. The molecule has 1 N–H and O–H groups in total. The fraction of sp³-hybridized carbons (Fsp3) is 0.419. The quantitative estimate of drug-likeness (QED) is 0.178. The van der Waals surface area contributed by atoms with E-state index in [4.69, 9.17) is 33.5 Å². The van der Waals surface area contributed by atoms with Gasteiger partial charge >= 0.3 is 0 Å². The molecule has 0 aliphatic carbocycles. The Morgan fingerprint density at radius 3 is 1.72 bits per heavy atom. The molecule has 8 nitrogen and oxygen atoms in total. The molecule has 0 bridgehead atoms. The van der Waals surface area contributed by atoms with Gasteiger partial charge in [0.1, 0.15) is 24.4 Å². The zero-order valence-corrected chi connectivity index (χ0v) is 22.7. The Morgan fingerprint density at radius 2 is 1.21 bits per heavy atom. The number of rotatable bonds is 14. The lowest BCUT2D eigenvalue weighted by Crippen LogP contribution is -2.61. The first-order valence-corrected chi connectivity index (χ1v) is 13.1.